The Morgan fingerprint density at radius 3 is 2.53 bits per heavy atom. The molecular formula is C12H18ClN3O. The third-order valence-electron chi connectivity index (χ3n) is 2.69. The molecule has 0 spiro atoms. The van der Waals surface area contributed by atoms with Crippen molar-refractivity contribution in [3.05, 3.63) is 35.9 Å². The number of urea groups is 1. The van der Waals surface area contributed by atoms with Gasteiger partial charge in [-0.25, -0.2) is 4.79 Å². The van der Waals surface area contributed by atoms with Crippen molar-refractivity contribution in [1.29, 1.82) is 0 Å². The Balaban J connectivity index is 0.00000144. The topological polar surface area (TPSA) is 44.4 Å². The molecule has 0 atom stereocenters. The summed E-state index contributed by atoms with van der Waals surface area (Å²) < 4.78 is 0. The van der Waals surface area contributed by atoms with E-state index in [4.69, 9.17) is 0 Å². The van der Waals surface area contributed by atoms with Gasteiger partial charge in [0.25, 0.3) is 0 Å². The van der Waals surface area contributed by atoms with E-state index in [1.54, 1.807) is 0 Å². The average Bonchev–Trinajstić information content (AvgIpc) is 2.38. The number of nitrogens with zero attached hydrogens (tertiary/aromatic N) is 1. The third-order valence-corrected chi connectivity index (χ3v) is 2.69. The maximum Gasteiger partial charge on any atom is 0.317 e. The second-order valence-corrected chi connectivity index (χ2v) is 3.88. The van der Waals surface area contributed by atoms with E-state index in [1.807, 2.05) is 35.2 Å². The molecule has 0 unspecified atom stereocenters. The predicted molar refractivity (Wildman–Crippen MR) is 70.4 cm³/mol. The van der Waals surface area contributed by atoms with Gasteiger partial charge in [-0.15, -0.1) is 12.4 Å². The van der Waals surface area contributed by atoms with E-state index in [9.17, 15) is 4.79 Å². The molecule has 1 aromatic carbocycles. The molecule has 0 radical (unpaired) electrons. The molecule has 1 aromatic rings. The van der Waals surface area contributed by atoms with Crippen molar-refractivity contribution < 1.29 is 4.79 Å². The van der Waals surface area contributed by atoms with E-state index >= 15 is 0 Å². The number of rotatable bonds is 2. The second-order valence-electron chi connectivity index (χ2n) is 3.88. The van der Waals surface area contributed by atoms with Crippen molar-refractivity contribution in [2.75, 3.05) is 26.2 Å². The van der Waals surface area contributed by atoms with Gasteiger partial charge in [0, 0.05) is 32.7 Å². The van der Waals surface area contributed by atoms with Gasteiger partial charge in [0.1, 0.15) is 0 Å². The Labute approximate surface area is 108 Å². The molecule has 2 rings (SSSR count). The zero-order valence-electron chi connectivity index (χ0n) is 9.69. The Morgan fingerprint density at radius 1 is 1.24 bits per heavy atom. The van der Waals surface area contributed by atoms with Crippen LogP contribution in [-0.4, -0.2) is 37.1 Å². The van der Waals surface area contributed by atoms with Gasteiger partial charge in [-0.05, 0) is 5.56 Å². The van der Waals surface area contributed by atoms with Crippen LogP contribution in [0.2, 0.25) is 0 Å². The first-order chi connectivity index (χ1) is 7.86. The molecule has 5 heteroatoms. The van der Waals surface area contributed by atoms with E-state index in [1.165, 1.54) is 0 Å². The van der Waals surface area contributed by atoms with E-state index in [0.29, 0.717) is 6.54 Å². The summed E-state index contributed by atoms with van der Waals surface area (Å²) in [7, 11) is 0. The molecule has 1 aliphatic rings. The summed E-state index contributed by atoms with van der Waals surface area (Å²) in [5.41, 5.74) is 1.13. The number of carbonyl (C=O) groups excluding carboxylic acids is 1. The summed E-state index contributed by atoms with van der Waals surface area (Å²) in [6.07, 6.45) is 0. The lowest BCUT2D eigenvalue weighted by atomic mass is 10.2. The lowest BCUT2D eigenvalue weighted by Crippen LogP contribution is -2.50. The lowest BCUT2D eigenvalue weighted by Gasteiger charge is -2.27. The quantitative estimate of drug-likeness (QED) is 0.835. The largest absolute Gasteiger partial charge is 0.334 e. The van der Waals surface area contributed by atoms with Gasteiger partial charge >= 0.3 is 6.03 Å². The van der Waals surface area contributed by atoms with Crippen molar-refractivity contribution in [2.45, 2.75) is 6.54 Å². The number of hydrogen-bond acceptors (Lipinski definition) is 2. The van der Waals surface area contributed by atoms with Gasteiger partial charge in [0.15, 0.2) is 0 Å². The average molecular weight is 256 g/mol. The molecule has 0 aromatic heterocycles. The van der Waals surface area contributed by atoms with Crippen LogP contribution < -0.4 is 10.6 Å². The highest BCUT2D eigenvalue weighted by atomic mass is 35.5. The van der Waals surface area contributed by atoms with Crippen molar-refractivity contribution in [3.8, 4) is 0 Å². The summed E-state index contributed by atoms with van der Waals surface area (Å²) >= 11 is 0. The van der Waals surface area contributed by atoms with Crippen LogP contribution in [0.25, 0.3) is 0 Å². The second kappa shape index (κ2) is 7.14. The summed E-state index contributed by atoms with van der Waals surface area (Å²) in [4.78, 5) is 13.6. The maximum atomic E-state index is 11.8. The zero-order chi connectivity index (χ0) is 11.2. The van der Waals surface area contributed by atoms with Crippen LogP contribution in [0.5, 0.6) is 0 Å². The van der Waals surface area contributed by atoms with Crippen LogP contribution in [0.15, 0.2) is 30.3 Å². The summed E-state index contributed by atoms with van der Waals surface area (Å²) in [6.45, 7) is 3.96. The molecule has 1 heterocycles. The number of amides is 2. The molecule has 2 amide bonds. The highest BCUT2D eigenvalue weighted by molar-refractivity contribution is 5.85. The van der Waals surface area contributed by atoms with Crippen LogP contribution >= 0.6 is 12.4 Å². The standard InChI is InChI=1S/C12H17N3O.ClH/c16-12(15-8-6-13-7-9-15)14-10-11-4-2-1-3-5-11;/h1-5,13H,6-10H2,(H,14,16);1H. The van der Waals surface area contributed by atoms with Gasteiger partial charge < -0.3 is 15.5 Å². The first kappa shape index (κ1) is 13.8. The maximum absolute atomic E-state index is 11.8. The fourth-order valence-corrected chi connectivity index (χ4v) is 1.75. The minimum atomic E-state index is 0. The molecule has 17 heavy (non-hydrogen) atoms. The highest BCUT2D eigenvalue weighted by Crippen LogP contribution is 1.99. The van der Waals surface area contributed by atoms with Crippen molar-refractivity contribution >= 4 is 18.4 Å². The Kier molecular flexibility index (Phi) is 5.80. The molecule has 1 aliphatic heterocycles. The Morgan fingerprint density at radius 2 is 1.88 bits per heavy atom. The first-order valence-electron chi connectivity index (χ1n) is 5.64. The van der Waals surface area contributed by atoms with Crippen molar-refractivity contribution in [3.63, 3.8) is 0 Å². The van der Waals surface area contributed by atoms with Crippen molar-refractivity contribution in [2.24, 2.45) is 0 Å². The van der Waals surface area contributed by atoms with Gasteiger partial charge in [-0.2, -0.15) is 0 Å². The van der Waals surface area contributed by atoms with Crippen LogP contribution in [-0.2, 0) is 6.54 Å². The monoisotopic (exact) mass is 255 g/mol. The first-order valence-corrected chi connectivity index (χ1v) is 5.64. The van der Waals surface area contributed by atoms with Gasteiger partial charge in [-0.1, -0.05) is 30.3 Å². The molecule has 1 fully saturated rings. The van der Waals surface area contributed by atoms with Crippen LogP contribution in [0, 0.1) is 0 Å². The van der Waals surface area contributed by atoms with E-state index in [-0.39, 0.29) is 18.4 Å². The molecule has 4 nitrogen and oxygen atoms in total. The Bertz CT molecular complexity index is 339. The van der Waals surface area contributed by atoms with Gasteiger partial charge in [-0.3, -0.25) is 0 Å². The highest BCUT2D eigenvalue weighted by Gasteiger charge is 2.14. The zero-order valence-corrected chi connectivity index (χ0v) is 10.5. The summed E-state index contributed by atoms with van der Waals surface area (Å²) in [5.74, 6) is 0. The van der Waals surface area contributed by atoms with Crippen LogP contribution in [0.1, 0.15) is 5.56 Å². The Hall–Kier alpha value is -1.26. The number of piperazine rings is 1. The number of benzene rings is 1. The summed E-state index contributed by atoms with van der Waals surface area (Å²) in [5, 5.41) is 6.15. The third kappa shape index (κ3) is 4.24. The fourth-order valence-electron chi connectivity index (χ4n) is 1.75. The predicted octanol–water partition coefficient (Wildman–Crippen LogP) is 1.22. The molecule has 1 saturated heterocycles. The van der Waals surface area contributed by atoms with Gasteiger partial charge in [0.05, 0.1) is 0 Å². The molecule has 0 aliphatic carbocycles. The normalized spacial score (nSPS) is 14.9. The smallest absolute Gasteiger partial charge is 0.317 e. The minimum Gasteiger partial charge on any atom is -0.334 e. The van der Waals surface area contributed by atoms with E-state index in [0.717, 1.165) is 31.7 Å². The summed E-state index contributed by atoms with van der Waals surface area (Å²) in [6, 6.07) is 9.99. The van der Waals surface area contributed by atoms with Crippen LogP contribution in [0.3, 0.4) is 0 Å². The molecule has 0 bridgehead atoms. The van der Waals surface area contributed by atoms with Crippen LogP contribution in [0.4, 0.5) is 4.79 Å². The SMILES string of the molecule is Cl.O=C(NCc1ccccc1)N1CCNCC1. The van der Waals surface area contributed by atoms with Crippen molar-refractivity contribution in [1.82, 2.24) is 15.5 Å². The minimum absolute atomic E-state index is 0. The van der Waals surface area contributed by atoms with E-state index in [2.05, 4.69) is 10.6 Å². The van der Waals surface area contributed by atoms with Gasteiger partial charge in [0.2, 0.25) is 0 Å². The number of halogens is 1. The molecular weight excluding hydrogens is 238 g/mol. The molecule has 0 saturated carbocycles. The lowest BCUT2D eigenvalue weighted by molar-refractivity contribution is 0.190. The number of nitrogens with one attached hydrogen (secondary N) is 2. The number of carbonyl (C=O) groups is 1. The molecule has 2 N–H and O–H groups in total. The fraction of sp³-hybridized carbons (Fsp3) is 0.417. The number of hydrogen-bond donors (Lipinski definition) is 2. The van der Waals surface area contributed by atoms with E-state index < -0.39 is 0 Å². The molecule has 94 valence electrons.